The van der Waals surface area contributed by atoms with Crippen molar-refractivity contribution in [3.8, 4) is 0 Å². The van der Waals surface area contributed by atoms with Crippen LogP contribution in [0.5, 0.6) is 0 Å². The molecule has 1 aliphatic heterocycles. The molecule has 2 heterocycles. The predicted octanol–water partition coefficient (Wildman–Crippen LogP) is 3.02. The van der Waals surface area contributed by atoms with Crippen LogP contribution in [-0.4, -0.2) is 58.9 Å². The molecule has 7 nitrogen and oxygen atoms in total. The van der Waals surface area contributed by atoms with Gasteiger partial charge in [-0.1, -0.05) is 36.4 Å². The number of anilines is 1. The molecular weight excluding hydrogens is 378 g/mol. The lowest BCUT2D eigenvalue weighted by Crippen LogP contribution is -2.54. The minimum atomic E-state index is -0.626. The van der Waals surface area contributed by atoms with Crippen LogP contribution in [0.1, 0.15) is 12.5 Å². The number of amides is 3. The van der Waals surface area contributed by atoms with Crippen LogP contribution in [0.25, 0.3) is 10.9 Å². The SMILES string of the molecule is CC(NC(=O)N1CCN(Cc2ccccc2)CC1)C(=O)Nc1ccc2cc[nH]c2c1. The van der Waals surface area contributed by atoms with Gasteiger partial charge in [0.05, 0.1) is 0 Å². The number of piperazine rings is 1. The van der Waals surface area contributed by atoms with Gasteiger partial charge >= 0.3 is 6.03 Å². The van der Waals surface area contributed by atoms with Crippen molar-refractivity contribution < 1.29 is 9.59 Å². The fourth-order valence-electron chi connectivity index (χ4n) is 3.67. The summed E-state index contributed by atoms with van der Waals surface area (Å²) in [5, 5.41) is 6.76. The number of aromatic amines is 1. The summed E-state index contributed by atoms with van der Waals surface area (Å²) in [4.78, 5) is 32.3. The molecule has 0 spiro atoms. The van der Waals surface area contributed by atoms with Gasteiger partial charge in [0.2, 0.25) is 5.91 Å². The van der Waals surface area contributed by atoms with E-state index in [1.54, 1.807) is 11.8 Å². The van der Waals surface area contributed by atoms with Crippen molar-refractivity contribution in [3.63, 3.8) is 0 Å². The van der Waals surface area contributed by atoms with E-state index in [1.807, 2.05) is 48.7 Å². The first-order valence-electron chi connectivity index (χ1n) is 10.3. The Labute approximate surface area is 176 Å². The lowest BCUT2D eigenvalue weighted by molar-refractivity contribution is -0.117. The van der Waals surface area contributed by atoms with Crippen LogP contribution < -0.4 is 10.6 Å². The van der Waals surface area contributed by atoms with Gasteiger partial charge in [-0.3, -0.25) is 9.69 Å². The van der Waals surface area contributed by atoms with E-state index < -0.39 is 6.04 Å². The largest absolute Gasteiger partial charge is 0.361 e. The summed E-state index contributed by atoms with van der Waals surface area (Å²) in [6, 6.07) is 17.2. The zero-order chi connectivity index (χ0) is 20.9. The van der Waals surface area contributed by atoms with Crippen LogP contribution in [0.15, 0.2) is 60.8 Å². The number of benzene rings is 2. The van der Waals surface area contributed by atoms with Gasteiger partial charge in [-0.25, -0.2) is 4.79 Å². The molecule has 3 N–H and O–H groups in total. The van der Waals surface area contributed by atoms with Crippen molar-refractivity contribution in [2.24, 2.45) is 0 Å². The highest BCUT2D eigenvalue weighted by Crippen LogP contribution is 2.17. The molecule has 1 aromatic heterocycles. The number of carbonyl (C=O) groups is 2. The Morgan fingerprint density at radius 2 is 1.80 bits per heavy atom. The quantitative estimate of drug-likeness (QED) is 0.610. The van der Waals surface area contributed by atoms with E-state index in [1.165, 1.54) is 5.56 Å². The molecule has 7 heteroatoms. The number of fused-ring (bicyclic) bond motifs is 1. The highest BCUT2D eigenvalue weighted by atomic mass is 16.2. The molecule has 1 unspecified atom stereocenters. The van der Waals surface area contributed by atoms with Gasteiger partial charge in [0.25, 0.3) is 0 Å². The lowest BCUT2D eigenvalue weighted by atomic mass is 10.2. The molecule has 156 valence electrons. The topological polar surface area (TPSA) is 80.5 Å². The van der Waals surface area contributed by atoms with E-state index in [0.29, 0.717) is 18.8 Å². The summed E-state index contributed by atoms with van der Waals surface area (Å²) in [7, 11) is 0. The van der Waals surface area contributed by atoms with Crippen molar-refractivity contribution >= 4 is 28.5 Å². The van der Waals surface area contributed by atoms with E-state index in [0.717, 1.165) is 30.5 Å². The van der Waals surface area contributed by atoms with E-state index in [4.69, 9.17) is 0 Å². The van der Waals surface area contributed by atoms with Crippen LogP contribution in [0.4, 0.5) is 10.5 Å². The molecule has 0 aliphatic carbocycles. The fraction of sp³-hybridized carbons (Fsp3) is 0.304. The van der Waals surface area contributed by atoms with Crippen molar-refractivity contribution in [1.29, 1.82) is 0 Å². The predicted molar refractivity (Wildman–Crippen MR) is 118 cm³/mol. The second kappa shape index (κ2) is 9.00. The smallest absolute Gasteiger partial charge is 0.318 e. The number of aromatic nitrogens is 1. The van der Waals surface area contributed by atoms with Crippen molar-refractivity contribution in [3.05, 3.63) is 66.4 Å². The van der Waals surface area contributed by atoms with Gasteiger partial charge in [0.15, 0.2) is 0 Å². The van der Waals surface area contributed by atoms with Crippen LogP contribution in [0, 0.1) is 0 Å². The second-order valence-electron chi connectivity index (χ2n) is 7.69. The molecule has 1 fully saturated rings. The minimum Gasteiger partial charge on any atom is -0.361 e. The molecule has 30 heavy (non-hydrogen) atoms. The Balaban J connectivity index is 1.24. The zero-order valence-electron chi connectivity index (χ0n) is 17.1. The number of urea groups is 1. The summed E-state index contributed by atoms with van der Waals surface area (Å²) in [5.74, 6) is -0.239. The third-order valence-corrected chi connectivity index (χ3v) is 5.46. The first-order valence-corrected chi connectivity index (χ1v) is 10.3. The molecular formula is C23H27N5O2. The lowest BCUT2D eigenvalue weighted by Gasteiger charge is -2.35. The third-order valence-electron chi connectivity index (χ3n) is 5.46. The summed E-state index contributed by atoms with van der Waals surface area (Å²) in [6.45, 7) is 5.53. The fourth-order valence-corrected chi connectivity index (χ4v) is 3.67. The number of hydrogen-bond donors (Lipinski definition) is 3. The van der Waals surface area contributed by atoms with E-state index >= 15 is 0 Å². The van der Waals surface area contributed by atoms with E-state index in [2.05, 4.69) is 32.7 Å². The van der Waals surface area contributed by atoms with Gasteiger partial charge in [0.1, 0.15) is 6.04 Å². The van der Waals surface area contributed by atoms with Crippen molar-refractivity contribution in [1.82, 2.24) is 20.1 Å². The molecule has 1 aliphatic rings. The summed E-state index contributed by atoms with van der Waals surface area (Å²) in [5.41, 5.74) is 2.93. The number of rotatable bonds is 5. The Hall–Kier alpha value is -3.32. The molecule has 0 bridgehead atoms. The molecule has 1 saturated heterocycles. The number of nitrogens with one attached hydrogen (secondary N) is 3. The second-order valence-corrected chi connectivity index (χ2v) is 7.69. The zero-order valence-corrected chi connectivity index (χ0v) is 17.1. The van der Waals surface area contributed by atoms with Crippen LogP contribution in [-0.2, 0) is 11.3 Å². The number of H-pyrrole nitrogens is 1. The highest BCUT2D eigenvalue weighted by Gasteiger charge is 2.24. The molecule has 3 aromatic rings. The average molecular weight is 406 g/mol. The van der Waals surface area contributed by atoms with Crippen LogP contribution in [0.3, 0.4) is 0 Å². The van der Waals surface area contributed by atoms with E-state index in [-0.39, 0.29) is 11.9 Å². The Kier molecular flexibility index (Phi) is 5.99. The Morgan fingerprint density at radius 1 is 1.03 bits per heavy atom. The first kappa shape index (κ1) is 20.0. The Morgan fingerprint density at radius 3 is 2.57 bits per heavy atom. The molecule has 3 amide bonds. The summed E-state index contributed by atoms with van der Waals surface area (Å²) >= 11 is 0. The molecule has 1 atom stereocenters. The average Bonchev–Trinajstić information content (AvgIpc) is 3.23. The monoisotopic (exact) mass is 405 g/mol. The molecule has 2 aromatic carbocycles. The third kappa shape index (κ3) is 4.80. The summed E-state index contributed by atoms with van der Waals surface area (Å²) in [6.07, 6.45) is 1.86. The maximum Gasteiger partial charge on any atom is 0.318 e. The highest BCUT2D eigenvalue weighted by molar-refractivity contribution is 5.98. The van der Waals surface area contributed by atoms with Gasteiger partial charge in [-0.15, -0.1) is 0 Å². The first-order chi connectivity index (χ1) is 14.6. The van der Waals surface area contributed by atoms with Gasteiger partial charge in [-0.05, 0) is 36.1 Å². The molecule has 0 radical (unpaired) electrons. The van der Waals surface area contributed by atoms with Gasteiger partial charge < -0.3 is 20.5 Å². The Bertz CT molecular complexity index is 1010. The van der Waals surface area contributed by atoms with Crippen molar-refractivity contribution in [2.75, 3.05) is 31.5 Å². The van der Waals surface area contributed by atoms with Gasteiger partial charge in [-0.2, -0.15) is 0 Å². The normalized spacial score (nSPS) is 15.7. The molecule has 0 saturated carbocycles. The van der Waals surface area contributed by atoms with Crippen LogP contribution in [0.2, 0.25) is 0 Å². The number of carbonyl (C=O) groups excluding carboxylic acids is 2. The molecule has 4 rings (SSSR count). The number of hydrogen-bond acceptors (Lipinski definition) is 3. The number of nitrogens with zero attached hydrogens (tertiary/aromatic N) is 2. The van der Waals surface area contributed by atoms with Crippen molar-refractivity contribution in [2.45, 2.75) is 19.5 Å². The standard InChI is InChI=1S/C23H27N5O2/c1-17(22(29)26-20-8-7-19-9-10-24-21(19)15-20)25-23(30)28-13-11-27(12-14-28)16-18-5-3-2-4-6-18/h2-10,15,17,24H,11-14,16H2,1H3,(H,25,30)(H,26,29). The maximum absolute atomic E-state index is 12.6. The maximum atomic E-state index is 12.6. The summed E-state index contributed by atoms with van der Waals surface area (Å²) < 4.78 is 0. The van der Waals surface area contributed by atoms with E-state index in [9.17, 15) is 9.59 Å². The minimum absolute atomic E-state index is 0.197. The van der Waals surface area contributed by atoms with Gasteiger partial charge in [0, 0.05) is 50.1 Å². The van der Waals surface area contributed by atoms with Crippen LogP contribution >= 0.6 is 0 Å².